The van der Waals surface area contributed by atoms with E-state index in [0.717, 1.165) is 74.2 Å². The van der Waals surface area contributed by atoms with Gasteiger partial charge in [0, 0.05) is 98.8 Å². The summed E-state index contributed by atoms with van der Waals surface area (Å²) in [4.78, 5) is 0. The first-order valence-electron chi connectivity index (χ1n) is 24.7. The summed E-state index contributed by atoms with van der Waals surface area (Å²) < 4.78 is 69.8. The van der Waals surface area contributed by atoms with E-state index in [1.807, 2.05) is 60.8 Å². The molecule has 1 aromatic heterocycles. The van der Waals surface area contributed by atoms with Crippen molar-refractivity contribution in [3.8, 4) is 57.5 Å². The molecule has 1 N–H and O–H groups in total. The van der Waals surface area contributed by atoms with Crippen molar-refractivity contribution >= 4 is 0 Å². The first kappa shape index (κ1) is 52.5. The highest BCUT2D eigenvalue weighted by Gasteiger charge is 2.38. The van der Waals surface area contributed by atoms with Gasteiger partial charge < -0.3 is 57.4 Å². The predicted octanol–water partition coefficient (Wildman–Crippen LogP) is 9.53. The van der Waals surface area contributed by atoms with Crippen LogP contribution in [0.5, 0.6) is 57.5 Å². The standard InChI is InChI=1S/C58H72N4O11/c1-57(2)31-46(32-58(3,4)60-57)73-34-45-33-62(61-59-45)14-15-72-56-30-43-19-41-27-51(67-9)39(25-52(41)68-10)17-37-23-47(63-5)35(21-48(37)64-6)16-36-22-50(66-8)38(24-49(36)65-7)18-40-26-54(70-12)42(28-53(40)69-11)20-44(56)29-55(43)71-13/h21-30,33,46,60H,14-20,31-32,34H2,1-13H3. The third-order valence-electron chi connectivity index (χ3n) is 13.9. The molecule has 15 heteroatoms. The SMILES string of the molecule is COc1cc2c(OC)cc1Cc1cc(OC)c(cc1OC)Cc1cc(OC)c(cc1OC)Cc1cc(OC)c(cc1OCCn1cc(COC3CC(C)(C)NC(C)(C)C3)nn1)Cc1cc(OC)c(cc1OC)C2. The van der Waals surface area contributed by atoms with Gasteiger partial charge in [-0.15, -0.1) is 5.10 Å². The van der Waals surface area contributed by atoms with Crippen molar-refractivity contribution < 1.29 is 52.1 Å². The second-order valence-corrected chi connectivity index (χ2v) is 20.1. The summed E-state index contributed by atoms with van der Waals surface area (Å²) in [5.74, 6) is 6.94. The number of hydrogen-bond acceptors (Lipinski definition) is 14. The maximum atomic E-state index is 6.76. The lowest BCUT2D eigenvalue weighted by Gasteiger charge is -2.46. The van der Waals surface area contributed by atoms with Crippen LogP contribution in [0.4, 0.5) is 0 Å². The number of nitrogens with zero attached hydrogens (tertiary/aromatic N) is 3. The van der Waals surface area contributed by atoms with Crippen molar-refractivity contribution in [1.29, 1.82) is 0 Å². The Morgan fingerprint density at radius 3 is 1.00 bits per heavy atom. The van der Waals surface area contributed by atoms with E-state index in [1.165, 1.54) is 0 Å². The van der Waals surface area contributed by atoms with Gasteiger partial charge in [0.1, 0.15) is 69.8 Å². The minimum atomic E-state index is -0.0221. The summed E-state index contributed by atoms with van der Waals surface area (Å²) in [6.45, 7) is 10.0. The Labute approximate surface area is 430 Å². The molecule has 1 saturated heterocycles. The van der Waals surface area contributed by atoms with Crippen LogP contribution < -0.4 is 52.7 Å². The molecule has 17 rings (SSSR count). The number of piperidine rings is 1. The van der Waals surface area contributed by atoms with Crippen molar-refractivity contribution in [3.05, 3.63) is 128 Å². The second kappa shape index (κ2) is 22.5. The number of nitrogens with one attached hydrogen (secondary N) is 1. The molecule has 73 heavy (non-hydrogen) atoms. The fourth-order valence-corrected chi connectivity index (χ4v) is 10.8. The molecule has 10 bridgehead atoms. The predicted molar refractivity (Wildman–Crippen MR) is 280 cm³/mol. The zero-order chi connectivity index (χ0) is 52.0. The maximum absolute atomic E-state index is 6.76. The largest absolute Gasteiger partial charge is 0.496 e. The molecular weight excluding hydrogens is 929 g/mol. The minimum Gasteiger partial charge on any atom is -0.496 e. The van der Waals surface area contributed by atoms with Crippen LogP contribution in [0.1, 0.15) is 102 Å². The summed E-state index contributed by atoms with van der Waals surface area (Å²) in [6, 6.07) is 20.3. The third kappa shape index (κ3) is 12.0. The second-order valence-electron chi connectivity index (χ2n) is 20.1. The molecule has 11 aliphatic rings. The van der Waals surface area contributed by atoms with Crippen LogP contribution in [0.15, 0.2) is 66.9 Å². The van der Waals surface area contributed by atoms with Crippen LogP contribution in [0.3, 0.4) is 0 Å². The van der Waals surface area contributed by atoms with Gasteiger partial charge in [0.2, 0.25) is 0 Å². The molecule has 0 atom stereocenters. The summed E-state index contributed by atoms with van der Waals surface area (Å²) in [5, 5.41) is 12.6. The molecule has 0 amide bonds. The van der Waals surface area contributed by atoms with Gasteiger partial charge in [0.05, 0.1) is 89.4 Å². The van der Waals surface area contributed by atoms with E-state index in [2.05, 4.69) is 49.4 Å². The molecule has 1 fully saturated rings. The smallest absolute Gasteiger partial charge is 0.123 e. The fourth-order valence-electron chi connectivity index (χ4n) is 10.8. The Morgan fingerprint density at radius 1 is 0.438 bits per heavy atom. The molecule has 2 heterocycles. The van der Waals surface area contributed by atoms with Crippen LogP contribution >= 0.6 is 0 Å². The van der Waals surface area contributed by atoms with Gasteiger partial charge in [-0.1, -0.05) is 5.21 Å². The Hall–Kier alpha value is -6.84. The summed E-state index contributed by atoms with van der Waals surface area (Å²) in [7, 11) is 15.1. The van der Waals surface area contributed by atoms with Crippen LogP contribution in [0, 0.1) is 0 Å². The van der Waals surface area contributed by atoms with Gasteiger partial charge >= 0.3 is 0 Å². The van der Waals surface area contributed by atoms with Gasteiger partial charge in [0.15, 0.2) is 0 Å². The zero-order valence-corrected chi connectivity index (χ0v) is 44.8. The molecule has 390 valence electrons. The van der Waals surface area contributed by atoms with Crippen molar-refractivity contribution in [1.82, 2.24) is 20.3 Å². The van der Waals surface area contributed by atoms with E-state index in [9.17, 15) is 0 Å². The van der Waals surface area contributed by atoms with Gasteiger partial charge in [0.25, 0.3) is 0 Å². The summed E-state index contributed by atoms with van der Waals surface area (Å²) in [5.41, 5.74) is 9.77. The van der Waals surface area contributed by atoms with Crippen molar-refractivity contribution in [2.75, 3.05) is 70.6 Å². The number of aromatic nitrogens is 3. The van der Waals surface area contributed by atoms with Gasteiger partial charge in [-0.25, -0.2) is 4.68 Å². The molecule has 0 unspecified atom stereocenters. The summed E-state index contributed by atoms with van der Waals surface area (Å²) >= 11 is 0. The molecule has 6 aromatic rings. The van der Waals surface area contributed by atoms with E-state index in [1.54, 1.807) is 68.7 Å². The molecule has 15 nitrogen and oxygen atoms in total. The zero-order valence-electron chi connectivity index (χ0n) is 44.8. The van der Waals surface area contributed by atoms with Gasteiger partial charge in [-0.2, -0.15) is 0 Å². The van der Waals surface area contributed by atoms with E-state index >= 15 is 0 Å². The average Bonchev–Trinajstić information content (AvgIpc) is 3.83. The number of methoxy groups -OCH3 is 9. The van der Waals surface area contributed by atoms with E-state index in [4.69, 9.17) is 52.1 Å². The fraction of sp³-hybridized carbons (Fsp3) is 0.448. The highest BCUT2D eigenvalue weighted by atomic mass is 16.5. The van der Waals surface area contributed by atoms with Crippen LogP contribution in [-0.4, -0.2) is 103 Å². The van der Waals surface area contributed by atoms with Gasteiger partial charge in [-0.05, 0) is 101 Å². The lowest BCUT2D eigenvalue weighted by atomic mass is 9.81. The topological polar surface area (TPSA) is 144 Å². The molecule has 5 aromatic carbocycles. The Kier molecular flexibility index (Phi) is 16.2. The maximum Gasteiger partial charge on any atom is 0.123 e. The molecule has 0 saturated carbocycles. The number of benzene rings is 5. The monoisotopic (exact) mass is 1000 g/mol. The first-order chi connectivity index (χ1) is 35.1. The highest BCUT2D eigenvalue weighted by molar-refractivity contribution is 5.59. The number of ether oxygens (including phenoxy) is 11. The van der Waals surface area contributed by atoms with Crippen molar-refractivity contribution in [2.24, 2.45) is 0 Å². The quantitative estimate of drug-likeness (QED) is 0.0981. The van der Waals surface area contributed by atoms with E-state index in [-0.39, 0.29) is 17.2 Å². The average molecular weight is 1000 g/mol. The first-order valence-corrected chi connectivity index (χ1v) is 24.7. The molecular formula is C58H72N4O11. The Balaban J connectivity index is 1.20. The number of rotatable bonds is 16. The molecule has 0 spiro atoms. The molecule has 10 aliphatic carbocycles. The van der Waals surface area contributed by atoms with Crippen LogP contribution in [0.2, 0.25) is 0 Å². The Bertz CT molecular complexity index is 2890. The molecule has 1 aliphatic heterocycles. The lowest BCUT2D eigenvalue weighted by Crippen LogP contribution is -2.59. The Morgan fingerprint density at radius 2 is 0.712 bits per heavy atom. The molecule has 0 radical (unpaired) electrons. The van der Waals surface area contributed by atoms with Crippen LogP contribution in [-0.2, 0) is 50.0 Å². The number of hydrogen-bond donors (Lipinski definition) is 1. The summed E-state index contributed by atoms with van der Waals surface area (Å²) in [6.07, 6.45) is 6.19. The minimum absolute atomic E-state index is 0.0221. The normalized spacial score (nSPS) is 15.1. The van der Waals surface area contributed by atoms with Crippen molar-refractivity contribution in [2.45, 2.75) is 103 Å². The third-order valence-corrected chi connectivity index (χ3v) is 13.9. The lowest BCUT2D eigenvalue weighted by molar-refractivity contribution is -0.0314. The van der Waals surface area contributed by atoms with Gasteiger partial charge in [-0.3, -0.25) is 0 Å². The van der Waals surface area contributed by atoms with Crippen molar-refractivity contribution in [3.63, 3.8) is 0 Å². The van der Waals surface area contributed by atoms with E-state index < -0.39 is 0 Å². The van der Waals surface area contributed by atoms with E-state index in [0.29, 0.717) is 109 Å². The highest BCUT2D eigenvalue weighted by Crippen LogP contribution is 2.42. The van der Waals surface area contributed by atoms with Crippen LogP contribution in [0.25, 0.3) is 0 Å².